The summed E-state index contributed by atoms with van der Waals surface area (Å²) in [4.78, 5) is 22.2. The molecule has 106 valence electrons. The molecule has 0 fully saturated rings. The molecule has 1 aliphatic carbocycles. The second-order valence-electron chi connectivity index (χ2n) is 4.90. The number of thioether (sulfide) groups is 1. The minimum absolute atomic E-state index is 0.533. The topological polar surface area (TPSA) is 65.9 Å². The van der Waals surface area contributed by atoms with E-state index in [1.54, 1.807) is 11.3 Å². The lowest BCUT2D eigenvalue weighted by atomic mass is 9.97. The summed E-state index contributed by atoms with van der Waals surface area (Å²) in [6.45, 7) is 1.86. The Balaban J connectivity index is 2.06. The molecule has 6 heteroatoms. The number of aliphatic carboxylic acids is 1. The van der Waals surface area contributed by atoms with Gasteiger partial charge in [-0.3, -0.25) is 0 Å². The highest BCUT2D eigenvalue weighted by molar-refractivity contribution is 8.00. The van der Waals surface area contributed by atoms with Gasteiger partial charge in [-0.25, -0.2) is 9.97 Å². The third-order valence-corrected chi connectivity index (χ3v) is 6.15. The predicted octanol–water partition coefficient (Wildman–Crippen LogP) is 2.19. The van der Waals surface area contributed by atoms with Crippen molar-refractivity contribution in [2.24, 2.45) is 0 Å². The Morgan fingerprint density at radius 1 is 1.45 bits per heavy atom. The van der Waals surface area contributed by atoms with Crippen LogP contribution < -0.4 is 5.11 Å². The molecule has 0 amide bonds. The Morgan fingerprint density at radius 2 is 2.25 bits per heavy atom. The van der Waals surface area contributed by atoms with Gasteiger partial charge in [-0.15, -0.1) is 11.3 Å². The average Bonchev–Trinajstić information content (AvgIpc) is 2.83. The van der Waals surface area contributed by atoms with Gasteiger partial charge in [-0.05, 0) is 37.7 Å². The van der Waals surface area contributed by atoms with Gasteiger partial charge >= 0.3 is 0 Å². The molecule has 0 aromatic carbocycles. The van der Waals surface area contributed by atoms with Gasteiger partial charge in [0.2, 0.25) is 0 Å². The van der Waals surface area contributed by atoms with E-state index in [4.69, 9.17) is 0 Å². The van der Waals surface area contributed by atoms with Crippen molar-refractivity contribution in [3.8, 4) is 0 Å². The van der Waals surface area contributed by atoms with Crippen molar-refractivity contribution in [2.75, 3.05) is 0 Å². The molecule has 1 aliphatic rings. The van der Waals surface area contributed by atoms with Gasteiger partial charge in [0.05, 0.1) is 11.2 Å². The van der Waals surface area contributed by atoms with Crippen LogP contribution in [0.3, 0.4) is 0 Å². The van der Waals surface area contributed by atoms with Crippen LogP contribution in [0.15, 0.2) is 11.4 Å². The van der Waals surface area contributed by atoms with E-state index in [1.807, 2.05) is 6.92 Å². The zero-order valence-corrected chi connectivity index (χ0v) is 12.9. The Bertz CT molecular complexity index is 654. The first-order valence-corrected chi connectivity index (χ1v) is 8.53. The Hall–Kier alpha value is -1.14. The SMILES string of the molecule is CC[C@@H](Sc1ncnc2sc3c(c12)CCCC3)C(=O)[O-]. The molecule has 3 rings (SSSR count). The summed E-state index contributed by atoms with van der Waals surface area (Å²) in [5.41, 5.74) is 1.34. The summed E-state index contributed by atoms with van der Waals surface area (Å²) in [6.07, 6.45) is 6.65. The minimum atomic E-state index is -1.02. The van der Waals surface area contributed by atoms with Crippen molar-refractivity contribution in [1.82, 2.24) is 9.97 Å². The number of nitrogens with zero attached hydrogens (tertiary/aromatic N) is 2. The maximum Gasteiger partial charge on any atom is 0.128 e. The standard InChI is InChI=1S/C14H16N2O2S2/c1-2-9(14(17)18)19-12-11-8-5-3-4-6-10(8)20-13(11)16-7-15-12/h7,9H,2-6H2,1H3,(H,17,18)/p-1/t9-/m1/s1. The predicted molar refractivity (Wildman–Crippen MR) is 79.0 cm³/mol. The summed E-state index contributed by atoms with van der Waals surface area (Å²) >= 11 is 3.03. The van der Waals surface area contributed by atoms with E-state index in [1.165, 1.54) is 41.4 Å². The molecular formula is C14H15N2O2S2-. The molecule has 20 heavy (non-hydrogen) atoms. The fourth-order valence-corrected chi connectivity index (χ4v) is 4.86. The van der Waals surface area contributed by atoms with Crippen molar-refractivity contribution < 1.29 is 9.90 Å². The lowest BCUT2D eigenvalue weighted by Crippen LogP contribution is -2.33. The molecular weight excluding hydrogens is 292 g/mol. The number of thiophene rings is 1. The number of aryl methyl sites for hydroxylation is 2. The van der Waals surface area contributed by atoms with Gasteiger partial charge in [-0.2, -0.15) is 0 Å². The fourth-order valence-electron chi connectivity index (χ4n) is 2.58. The highest BCUT2D eigenvalue weighted by atomic mass is 32.2. The van der Waals surface area contributed by atoms with Gasteiger partial charge in [0.15, 0.2) is 0 Å². The Morgan fingerprint density at radius 3 is 3.00 bits per heavy atom. The van der Waals surface area contributed by atoms with Crippen molar-refractivity contribution in [3.63, 3.8) is 0 Å². The molecule has 0 saturated heterocycles. The van der Waals surface area contributed by atoms with Crippen LogP contribution in [0, 0.1) is 0 Å². The summed E-state index contributed by atoms with van der Waals surface area (Å²) in [7, 11) is 0. The fraction of sp³-hybridized carbons (Fsp3) is 0.500. The number of hydrogen-bond donors (Lipinski definition) is 0. The van der Waals surface area contributed by atoms with Crippen LogP contribution in [0.2, 0.25) is 0 Å². The molecule has 0 radical (unpaired) electrons. The van der Waals surface area contributed by atoms with Gasteiger partial charge in [-0.1, -0.05) is 18.7 Å². The minimum Gasteiger partial charge on any atom is -0.549 e. The van der Waals surface area contributed by atoms with Crippen molar-refractivity contribution >= 4 is 39.3 Å². The first-order chi connectivity index (χ1) is 9.70. The lowest BCUT2D eigenvalue weighted by molar-refractivity contribution is -0.304. The maximum absolute atomic E-state index is 11.1. The van der Waals surface area contributed by atoms with Gasteiger partial charge in [0, 0.05) is 10.3 Å². The number of aromatic nitrogens is 2. The quantitative estimate of drug-likeness (QED) is 0.640. The third-order valence-electron chi connectivity index (χ3n) is 3.60. The monoisotopic (exact) mass is 307 g/mol. The van der Waals surface area contributed by atoms with E-state index in [-0.39, 0.29) is 0 Å². The summed E-state index contributed by atoms with van der Waals surface area (Å²) < 4.78 is 0. The zero-order valence-electron chi connectivity index (χ0n) is 11.2. The van der Waals surface area contributed by atoms with Crippen LogP contribution in [-0.2, 0) is 17.6 Å². The number of carboxylic acids is 1. The second kappa shape index (κ2) is 5.69. The first-order valence-electron chi connectivity index (χ1n) is 6.83. The number of carbonyl (C=O) groups is 1. The van der Waals surface area contributed by atoms with Crippen LogP contribution in [0.25, 0.3) is 10.2 Å². The molecule has 2 heterocycles. The summed E-state index contributed by atoms with van der Waals surface area (Å²) in [6, 6.07) is 0. The number of hydrogen-bond acceptors (Lipinski definition) is 6. The van der Waals surface area contributed by atoms with Gasteiger partial charge in [0.25, 0.3) is 0 Å². The molecule has 0 bridgehead atoms. The van der Waals surface area contributed by atoms with Gasteiger partial charge in [0.1, 0.15) is 16.2 Å². The molecule has 2 aromatic rings. The van der Waals surface area contributed by atoms with E-state index in [0.29, 0.717) is 6.42 Å². The van der Waals surface area contributed by atoms with Gasteiger partial charge < -0.3 is 9.90 Å². The molecule has 0 aliphatic heterocycles. The average molecular weight is 307 g/mol. The van der Waals surface area contributed by atoms with Crippen LogP contribution in [-0.4, -0.2) is 21.2 Å². The Labute approximate surface area is 125 Å². The summed E-state index contributed by atoms with van der Waals surface area (Å²) in [5, 5.41) is 12.5. The largest absolute Gasteiger partial charge is 0.549 e. The Kier molecular flexibility index (Phi) is 3.94. The van der Waals surface area contributed by atoms with Crippen LogP contribution >= 0.6 is 23.1 Å². The van der Waals surface area contributed by atoms with Crippen LogP contribution in [0.1, 0.15) is 36.6 Å². The van der Waals surface area contributed by atoms with E-state index < -0.39 is 11.2 Å². The van der Waals surface area contributed by atoms with Crippen LogP contribution in [0.5, 0.6) is 0 Å². The first kappa shape index (κ1) is 13.8. The maximum atomic E-state index is 11.1. The van der Waals surface area contributed by atoms with E-state index in [0.717, 1.165) is 28.1 Å². The van der Waals surface area contributed by atoms with Crippen LogP contribution in [0.4, 0.5) is 0 Å². The third kappa shape index (κ3) is 2.42. The summed E-state index contributed by atoms with van der Waals surface area (Å²) in [5.74, 6) is -1.02. The second-order valence-corrected chi connectivity index (χ2v) is 7.18. The number of rotatable bonds is 4. The molecule has 4 nitrogen and oxygen atoms in total. The molecule has 1 atom stereocenters. The molecule has 0 spiro atoms. The van der Waals surface area contributed by atoms with E-state index in [2.05, 4.69) is 9.97 Å². The van der Waals surface area contributed by atoms with Crippen molar-refractivity contribution in [3.05, 3.63) is 16.8 Å². The lowest BCUT2D eigenvalue weighted by Gasteiger charge is -2.16. The number of carboxylic acid groups (broad SMARTS) is 1. The molecule has 0 saturated carbocycles. The smallest absolute Gasteiger partial charge is 0.128 e. The molecule has 0 unspecified atom stereocenters. The number of carbonyl (C=O) groups excluding carboxylic acids is 1. The van der Waals surface area contributed by atoms with E-state index >= 15 is 0 Å². The molecule has 0 N–H and O–H groups in total. The molecule has 2 aromatic heterocycles. The van der Waals surface area contributed by atoms with E-state index in [9.17, 15) is 9.90 Å². The highest BCUT2D eigenvalue weighted by Crippen LogP contribution is 2.40. The highest BCUT2D eigenvalue weighted by Gasteiger charge is 2.21. The normalized spacial score (nSPS) is 16.1. The van der Waals surface area contributed by atoms with Crippen molar-refractivity contribution in [1.29, 1.82) is 0 Å². The zero-order chi connectivity index (χ0) is 14.1. The van der Waals surface area contributed by atoms with Crippen molar-refractivity contribution in [2.45, 2.75) is 49.3 Å². The number of fused-ring (bicyclic) bond motifs is 3.